The van der Waals surface area contributed by atoms with Gasteiger partial charge >= 0.3 is 0 Å². The van der Waals surface area contributed by atoms with Crippen LogP contribution in [0.3, 0.4) is 0 Å². The molecule has 0 saturated carbocycles. The van der Waals surface area contributed by atoms with Gasteiger partial charge in [-0.2, -0.15) is 0 Å². The molecule has 3 heterocycles. The van der Waals surface area contributed by atoms with Gasteiger partial charge in [0, 0.05) is 51.0 Å². The van der Waals surface area contributed by atoms with E-state index in [9.17, 15) is 5.11 Å². The van der Waals surface area contributed by atoms with Crippen molar-refractivity contribution in [2.24, 2.45) is 5.92 Å². The molecule has 2 aromatic heterocycles. The van der Waals surface area contributed by atoms with E-state index in [0.717, 1.165) is 56.2 Å². The second-order valence-electron chi connectivity index (χ2n) is 6.86. The predicted octanol–water partition coefficient (Wildman–Crippen LogP) is 2.63. The summed E-state index contributed by atoms with van der Waals surface area (Å²) in [6.07, 6.45) is 3.84. The Morgan fingerprint density at radius 2 is 1.84 bits per heavy atom. The first-order valence-corrected chi connectivity index (χ1v) is 9.31. The minimum absolute atomic E-state index is 0.0630. The van der Waals surface area contributed by atoms with Crippen molar-refractivity contribution < 1.29 is 5.11 Å². The summed E-state index contributed by atoms with van der Waals surface area (Å²) in [7, 11) is 0. The van der Waals surface area contributed by atoms with Gasteiger partial charge in [0.1, 0.15) is 11.9 Å². The number of aliphatic hydroxyl groups is 1. The Labute approximate surface area is 153 Å². The van der Waals surface area contributed by atoms with Gasteiger partial charge in [0.15, 0.2) is 0 Å². The van der Waals surface area contributed by atoms with Gasteiger partial charge in [-0.3, -0.25) is 9.88 Å². The van der Waals surface area contributed by atoms with Crippen LogP contribution < -0.4 is 4.90 Å². The van der Waals surface area contributed by atoms with E-state index in [-0.39, 0.29) is 11.3 Å². The molecule has 0 amide bonds. The van der Waals surface area contributed by atoms with Gasteiger partial charge in [-0.05, 0) is 30.2 Å². The first kappa shape index (κ1) is 16.8. The number of rotatable bonds is 3. The third-order valence-corrected chi connectivity index (χ3v) is 5.70. The minimum Gasteiger partial charge on any atom is -0.386 e. The number of alkyl halides is 1. The van der Waals surface area contributed by atoms with Crippen LogP contribution in [0.4, 0.5) is 5.82 Å². The molecule has 1 fully saturated rings. The molecule has 3 unspecified atom stereocenters. The van der Waals surface area contributed by atoms with E-state index in [1.54, 1.807) is 6.20 Å². The smallest absolute Gasteiger partial charge is 0.128 e. The number of hydrogen-bond donors (Lipinski definition) is 1. The standard InChI is InChI=1S/C19H23ClN4O/c20-16-12-14(19(25)18-15(16)4-3-7-22-18)13-23-8-10-24(11-9-23)17-5-1-2-6-21-17/h1-7,14,16,19,25H,8-13H2. The third kappa shape index (κ3) is 3.50. The Bertz CT molecular complexity index is 706. The highest BCUT2D eigenvalue weighted by atomic mass is 35.5. The Morgan fingerprint density at radius 3 is 2.60 bits per heavy atom. The van der Waals surface area contributed by atoms with Crippen molar-refractivity contribution in [3.63, 3.8) is 0 Å². The van der Waals surface area contributed by atoms with Gasteiger partial charge in [0.25, 0.3) is 0 Å². The highest BCUT2D eigenvalue weighted by Crippen LogP contribution is 2.42. The molecule has 2 aliphatic rings. The number of nitrogens with zero attached hydrogens (tertiary/aromatic N) is 4. The van der Waals surface area contributed by atoms with Crippen molar-refractivity contribution in [1.29, 1.82) is 0 Å². The Hall–Kier alpha value is -1.69. The van der Waals surface area contributed by atoms with Crippen molar-refractivity contribution in [1.82, 2.24) is 14.9 Å². The maximum Gasteiger partial charge on any atom is 0.128 e. The summed E-state index contributed by atoms with van der Waals surface area (Å²) in [5.41, 5.74) is 1.73. The predicted molar refractivity (Wildman–Crippen MR) is 98.8 cm³/mol. The summed E-state index contributed by atoms with van der Waals surface area (Å²) in [4.78, 5) is 13.5. The van der Waals surface area contributed by atoms with Gasteiger partial charge in [-0.15, -0.1) is 11.6 Å². The fourth-order valence-electron chi connectivity index (χ4n) is 3.89. The van der Waals surface area contributed by atoms with E-state index in [1.165, 1.54) is 0 Å². The van der Waals surface area contributed by atoms with Crippen LogP contribution in [0.15, 0.2) is 42.7 Å². The van der Waals surface area contributed by atoms with E-state index in [0.29, 0.717) is 0 Å². The number of anilines is 1. The molecule has 0 radical (unpaired) electrons. The zero-order valence-corrected chi connectivity index (χ0v) is 14.9. The van der Waals surface area contributed by atoms with E-state index in [2.05, 4.69) is 25.8 Å². The highest BCUT2D eigenvalue weighted by molar-refractivity contribution is 6.21. The van der Waals surface area contributed by atoms with Gasteiger partial charge in [0.2, 0.25) is 0 Å². The molecule has 1 aliphatic heterocycles. The summed E-state index contributed by atoms with van der Waals surface area (Å²) < 4.78 is 0. The first-order valence-electron chi connectivity index (χ1n) is 8.87. The molecule has 0 aromatic carbocycles. The first-order chi connectivity index (χ1) is 12.2. The van der Waals surface area contributed by atoms with E-state index >= 15 is 0 Å². The number of piperazine rings is 1. The quantitative estimate of drug-likeness (QED) is 0.855. The molecular formula is C19H23ClN4O. The lowest BCUT2D eigenvalue weighted by Gasteiger charge is -2.39. The molecule has 5 nitrogen and oxygen atoms in total. The van der Waals surface area contributed by atoms with Crippen molar-refractivity contribution in [3.05, 3.63) is 54.0 Å². The lowest BCUT2D eigenvalue weighted by atomic mass is 9.83. The number of pyridine rings is 2. The van der Waals surface area contributed by atoms with Crippen molar-refractivity contribution in [2.45, 2.75) is 17.9 Å². The molecule has 1 N–H and O–H groups in total. The molecule has 3 atom stereocenters. The maximum atomic E-state index is 10.7. The largest absolute Gasteiger partial charge is 0.386 e. The Kier molecular flexibility index (Phi) is 4.88. The molecule has 0 bridgehead atoms. The molecule has 0 spiro atoms. The number of fused-ring (bicyclic) bond motifs is 1. The number of halogens is 1. The van der Waals surface area contributed by atoms with Crippen LogP contribution >= 0.6 is 11.6 Å². The SMILES string of the molecule is OC1c2ncccc2C(Cl)CC1CN1CCN(c2ccccn2)CC1. The van der Waals surface area contributed by atoms with Crippen molar-refractivity contribution in [3.8, 4) is 0 Å². The molecule has 25 heavy (non-hydrogen) atoms. The van der Waals surface area contributed by atoms with Crippen LogP contribution in [0.1, 0.15) is 29.2 Å². The van der Waals surface area contributed by atoms with Crippen LogP contribution in [-0.4, -0.2) is 52.7 Å². The second kappa shape index (κ2) is 7.28. The second-order valence-corrected chi connectivity index (χ2v) is 7.39. The summed E-state index contributed by atoms with van der Waals surface area (Å²) in [6, 6.07) is 9.89. The van der Waals surface area contributed by atoms with E-state index < -0.39 is 6.10 Å². The summed E-state index contributed by atoms with van der Waals surface area (Å²) in [6.45, 7) is 4.72. The Balaban J connectivity index is 1.38. The molecule has 2 aromatic rings. The molecular weight excluding hydrogens is 336 g/mol. The third-order valence-electron chi connectivity index (χ3n) is 5.28. The molecule has 132 valence electrons. The molecule has 6 heteroatoms. The summed E-state index contributed by atoms with van der Waals surface area (Å²) >= 11 is 6.54. The zero-order chi connectivity index (χ0) is 17.2. The van der Waals surface area contributed by atoms with Crippen LogP contribution in [0.25, 0.3) is 0 Å². The van der Waals surface area contributed by atoms with Gasteiger partial charge in [-0.1, -0.05) is 12.1 Å². The number of aromatic nitrogens is 2. The van der Waals surface area contributed by atoms with Gasteiger partial charge in [0.05, 0.1) is 11.1 Å². The van der Waals surface area contributed by atoms with Crippen LogP contribution in [0.2, 0.25) is 0 Å². The van der Waals surface area contributed by atoms with Crippen LogP contribution in [0.5, 0.6) is 0 Å². The van der Waals surface area contributed by atoms with Crippen molar-refractivity contribution in [2.75, 3.05) is 37.6 Å². The van der Waals surface area contributed by atoms with Gasteiger partial charge in [-0.25, -0.2) is 4.98 Å². The fraction of sp³-hybridized carbons (Fsp3) is 0.474. The summed E-state index contributed by atoms with van der Waals surface area (Å²) in [5.74, 6) is 1.17. The van der Waals surface area contributed by atoms with Gasteiger partial charge < -0.3 is 10.0 Å². The van der Waals surface area contributed by atoms with Crippen LogP contribution in [-0.2, 0) is 0 Å². The average molecular weight is 359 g/mol. The molecule has 4 rings (SSSR count). The molecule has 1 aliphatic carbocycles. The highest BCUT2D eigenvalue weighted by Gasteiger charge is 2.35. The monoisotopic (exact) mass is 358 g/mol. The minimum atomic E-state index is -0.528. The summed E-state index contributed by atoms with van der Waals surface area (Å²) in [5, 5.41) is 10.7. The lowest BCUT2D eigenvalue weighted by Crippen LogP contribution is -2.49. The van der Waals surface area contributed by atoms with E-state index in [4.69, 9.17) is 11.6 Å². The number of hydrogen-bond acceptors (Lipinski definition) is 5. The van der Waals surface area contributed by atoms with Crippen molar-refractivity contribution >= 4 is 17.4 Å². The zero-order valence-electron chi connectivity index (χ0n) is 14.1. The molecule has 1 saturated heterocycles. The number of aliphatic hydroxyl groups excluding tert-OH is 1. The fourth-order valence-corrected chi connectivity index (χ4v) is 4.31. The average Bonchev–Trinajstić information content (AvgIpc) is 2.67. The normalized spacial score (nSPS) is 27.1. The maximum absolute atomic E-state index is 10.7. The van der Waals surface area contributed by atoms with E-state index in [1.807, 2.05) is 30.5 Å². The lowest BCUT2D eigenvalue weighted by molar-refractivity contribution is 0.0596. The topological polar surface area (TPSA) is 52.5 Å². The van der Waals surface area contributed by atoms with Crippen LogP contribution in [0, 0.1) is 5.92 Å². The Morgan fingerprint density at radius 1 is 1.04 bits per heavy atom.